The molecule has 0 radical (unpaired) electrons. The molecule has 1 N–H and O–H groups in total. The van der Waals surface area contributed by atoms with Gasteiger partial charge in [-0.05, 0) is 61.7 Å². The molecule has 0 saturated carbocycles. The molecule has 1 saturated heterocycles. The molecule has 0 aliphatic carbocycles. The molecule has 4 heterocycles. The lowest BCUT2D eigenvalue weighted by molar-refractivity contribution is -0.148. The van der Waals surface area contributed by atoms with Gasteiger partial charge in [0.2, 0.25) is 11.8 Å². The van der Waals surface area contributed by atoms with Gasteiger partial charge in [0, 0.05) is 30.2 Å². The van der Waals surface area contributed by atoms with Crippen LogP contribution in [0.2, 0.25) is 0 Å². The van der Waals surface area contributed by atoms with Gasteiger partial charge in [0.1, 0.15) is 40.5 Å². The van der Waals surface area contributed by atoms with Crippen LogP contribution in [0.5, 0.6) is 11.8 Å². The number of nitrogens with zero attached hydrogens (tertiary/aromatic N) is 4. The Hall–Kier alpha value is -3.53. The molecule has 3 aromatic heterocycles. The van der Waals surface area contributed by atoms with E-state index in [0.29, 0.717) is 18.4 Å². The SMILES string of the molecule is O=S(CC(F)(F)F)Nc1cc(-c2nc(OCC3CCN(CC(F)(F)F)CC3)ccc2F)cnc1OCc1ccncc1. The summed E-state index contributed by atoms with van der Waals surface area (Å²) in [5.74, 6) is -2.58. The minimum Gasteiger partial charge on any atom is -0.477 e. The number of pyridine rings is 3. The molecule has 3 aromatic rings. The fraction of sp³-hybridized carbons (Fsp3) is 0.423. The number of hydrogen-bond acceptors (Lipinski definition) is 7. The molecule has 1 aliphatic heterocycles. The lowest BCUT2D eigenvalue weighted by Crippen LogP contribution is -2.41. The summed E-state index contributed by atoms with van der Waals surface area (Å²) >= 11 is 0. The van der Waals surface area contributed by atoms with Crippen LogP contribution in [0.15, 0.2) is 48.9 Å². The molecule has 1 unspecified atom stereocenters. The van der Waals surface area contributed by atoms with Crippen LogP contribution in [0.25, 0.3) is 11.3 Å². The normalized spacial score (nSPS) is 15.8. The Balaban J connectivity index is 1.48. The van der Waals surface area contributed by atoms with Gasteiger partial charge in [0.25, 0.3) is 0 Å². The largest absolute Gasteiger partial charge is 0.477 e. The number of halogens is 7. The zero-order valence-corrected chi connectivity index (χ0v) is 22.7. The zero-order valence-electron chi connectivity index (χ0n) is 21.9. The van der Waals surface area contributed by atoms with E-state index < -0.39 is 41.5 Å². The first-order chi connectivity index (χ1) is 19.8. The number of likely N-dealkylation sites (tertiary alicyclic amines) is 1. The summed E-state index contributed by atoms with van der Waals surface area (Å²) in [6.45, 7) is -0.307. The van der Waals surface area contributed by atoms with Gasteiger partial charge in [0.15, 0.2) is 0 Å². The summed E-state index contributed by atoms with van der Waals surface area (Å²) in [6.07, 6.45) is -3.77. The van der Waals surface area contributed by atoms with Gasteiger partial charge in [-0.3, -0.25) is 14.6 Å². The van der Waals surface area contributed by atoms with E-state index in [-0.39, 0.29) is 60.9 Å². The van der Waals surface area contributed by atoms with E-state index in [1.165, 1.54) is 35.6 Å². The maximum atomic E-state index is 14.8. The van der Waals surface area contributed by atoms with Crippen molar-refractivity contribution in [3.63, 3.8) is 0 Å². The first kappa shape index (κ1) is 31.4. The van der Waals surface area contributed by atoms with E-state index in [9.17, 15) is 34.9 Å². The van der Waals surface area contributed by atoms with Crippen molar-refractivity contribution in [1.82, 2.24) is 19.9 Å². The highest BCUT2D eigenvalue weighted by Crippen LogP contribution is 2.32. The highest BCUT2D eigenvalue weighted by Gasteiger charge is 2.33. The average Bonchev–Trinajstić information content (AvgIpc) is 2.91. The second-order valence-electron chi connectivity index (χ2n) is 9.55. The Morgan fingerprint density at radius 1 is 1.00 bits per heavy atom. The summed E-state index contributed by atoms with van der Waals surface area (Å²) in [5, 5.41) is 0. The van der Waals surface area contributed by atoms with Gasteiger partial charge in [-0.1, -0.05) is 0 Å². The lowest BCUT2D eigenvalue weighted by Gasteiger charge is -2.32. The number of aromatic nitrogens is 3. The fourth-order valence-corrected chi connectivity index (χ4v) is 4.94. The minimum absolute atomic E-state index is 0.0253. The van der Waals surface area contributed by atoms with Crippen LogP contribution in [-0.4, -0.2) is 68.4 Å². The maximum absolute atomic E-state index is 14.8. The number of rotatable bonds is 11. The van der Waals surface area contributed by atoms with Gasteiger partial charge in [-0.15, -0.1) is 0 Å². The van der Waals surface area contributed by atoms with Crippen molar-refractivity contribution in [2.45, 2.75) is 31.8 Å². The van der Waals surface area contributed by atoms with E-state index in [4.69, 9.17) is 9.47 Å². The molecular formula is C26H26F7N5O3S. The molecule has 1 fully saturated rings. The second kappa shape index (κ2) is 13.6. The molecule has 4 rings (SSSR count). The third kappa shape index (κ3) is 9.79. The Morgan fingerprint density at radius 2 is 1.71 bits per heavy atom. The lowest BCUT2D eigenvalue weighted by atomic mass is 9.98. The van der Waals surface area contributed by atoms with E-state index in [2.05, 4.69) is 19.7 Å². The summed E-state index contributed by atoms with van der Waals surface area (Å²) in [7, 11) is -2.60. The number of hydrogen-bond donors (Lipinski definition) is 1. The van der Waals surface area contributed by atoms with Crippen LogP contribution in [0.4, 0.5) is 36.4 Å². The molecule has 42 heavy (non-hydrogen) atoms. The Bertz CT molecular complexity index is 1350. The summed E-state index contributed by atoms with van der Waals surface area (Å²) < 4.78 is 117. The minimum atomic E-state index is -4.71. The Morgan fingerprint density at radius 3 is 2.38 bits per heavy atom. The van der Waals surface area contributed by atoms with Crippen LogP contribution in [0.1, 0.15) is 18.4 Å². The molecule has 1 aliphatic rings. The second-order valence-corrected chi connectivity index (χ2v) is 10.7. The van der Waals surface area contributed by atoms with Crippen LogP contribution >= 0.6 is 0 Å². The predicted octanol–water partition coefficient (Wildman–Crippen LogP) is 5.55. The van der Waals surface area contributed by atoms with Crippen molar-refractivity contribution in [2.24, 2.45) is 5.92 Å². The quantitative estimate of drug-likeness (QED) is 0.281. The molecule has 16 heteroatoms. The van der Waals surface area contributed by atoms with Crippen molar-refractivity contribution in [2.75, 3.05) is 36.7 Å². The van der Waals surface area contributed by atoms with Crippen LogP contribution in [-0.2, 0) is 17.6 Å². The highest BCUT2D eigenvalue weighted by atomic mass is 32.2. The van der Waals surface area contributed by atoms with Crippen molar-refractivity contribution < 1.29 is 44.4 Å². The molecule has 0 aromatic carbocycles. The Labute approximate surface area is 238 Å². The van der Waals surface area contributed by atoms with E-state index in [1.54, 1.807) is 12.1 Å². The number of ether oxygens (including phenoxy) is 2. The number of anilines is 1. The van der Waals surface area contributed by atoms with E-state index in [0.717, 1.165) is 6.07 Å². The summed E-state index contributed by atoms with van der Waals surface area (Å²) in [5.41, 5.74) is 0.315. The smallest absolute Gasteiger partial charge is 0.402 e. The van der Waals surface area contributed by atoms with Gasteiger partial charge in [-0.25, -0.2) is 18.6 Å². The third-order valence-electron chi connectivity index (χ3n) is 6.17. The molecule has 8 nitrogen and oxygen atoms in total. The van der Waals surface area contributed by atoms with Gasteiger partial charge in [-0.2, -0.15) is 26.3 Å². The fourth-order valence-electron chi connectivity index (χ4n) is 4.18. The molecular weight excluding hydrogens is 595 g/mol. The van der Waals surface area contributed by atoms with Crippen LogP contribution < -0.4 is 14.2 Å². The topological polar surface area (TPSA) is 89.5 Å². The molecule has 1 atom stereocenters. The molecule has 228 valence electrons. The zero-order chi connectivity index (χ0) is 30.3. The first-order valence-electron chi connectivity index (χ1n) is 12.7. The van der Waals surface area contributed by atoms with Crippen molar-refractivity contribution >= 4 is 16.7 Å². The molecule has 0 bridgehead atoms. The van der Waals surface area contributed by atoms with Gasteiger partial charge >= 0.3 is 12.4 Å². The van der Waals surface area contributed by atoms with E-state index in [1.807, 2.05) is 0 Å². The van der Waals surface area contributed by atoms with Gasteiger partial charge < -0.3 is 9.47 Å². The van der Waals surface area contributed by atoms with Crippen molar-refractivity contribution in [1.29, 1.82) is 0 Å². The average molecular weight is 622 g/mol. The number of alkyl halides is 6. The van der Waals surface area contributed by atoms with Crippen molar-refractivity contribution in [3.05, 3.63) is 60.3 Å². The molecule has 0 amide bonds. The Kier molecular flexibility index (Phi) is 10.2. The van der Waals surface area contributed by atoms with Crippen molar-refractivity contribution in [3.8, 4) is 23.0 Å². The summed E-state index contributed by atoms with van der Waals surface area (Å²) in [4.78, 5) is 13.5. The highest BCUT2D eigenvalue weighted by molar-refractivity contribution is 7.86. The predicted molar refractivity (Wildman–Crippen MR) is 139 cm³/mol. The summed E-state index contributed by atoms with van der Waals surface area (Å²) in [6, 6.07) is 6.90. The van der Waals surface area contributed by atoms with Gasteiger partial charge in [0.05, 0.1) is 13.2 Å². The third-order valence-corrected chi connectivity index (χ3v) is 7.20. The van der Waals surface area contributed by atoms with Crippen LogP contribution in [0.3, 0.4) is 0 Å². The molecule has 0 spiro atoms. The number of piperidine rings is 1. The standard InChI is InChI=1S/C26H26F7N5O3S/c27-20-1-2-22(40-13-18-5-9-38(10-6-18)15-25(28,29)30)36-23(20)19-11-21(37-42(39)16-26(31,32)33)24(35-12-19)41-14-17-3-7-34-8-4-17/h1-4,7-8,11-12,18,37H,5-6,9-10,13-16H2. The van der Waals surface area contributed by atoms with E-state index >= 15 is 0 Å². The first-order valence-corrected chi connectivity index (χ1v) is 14.0. The monoisotopic (exact) mass is 621 g/mol. The van der Waals surface area contributed by atoms with Crippen LogP contribution in [0, 0.1) is 11.7 Å². The maximum Gasteiger partial charge on any atom is 0.402 e. The number of nitrogens with one attached hydrogen (secondary N) is 1.